The maximum Gasteiger partial charge on any atom is 0.00698 e. The van der Waals surface area contributed by atoms with Crippen LogP contribution in [-0.4, -0.2) is 12.6 Å². The van der Waals surface area contributed by atoms with E-state index in [1.807, 2.05) is 0 Å². The third kappa shape index (κ3) is 1.39. The second-order valence-corrected chi connectivity index (χ2v) is 3.12. The van der Waals surface area contributed by atoms with E-state index in [1.54, 1.807) is 0 Å². The molecule has 9 heavy (non-hydrogen) atoms. The average Bonchev–Trinajstić information content (AvgIpc) is 2.12. The van der Waals surface area contributed by atoms with Crippen molar-refractivity contribution in [1.29, 1.82) is 0 Å². The second kappa shape index (κ2) is 2.89. The molecule has 1 N–H and O–H groups in total. The molecule has 1 nitrogen and oxygen atoms in total. The number of fused-ring (bicyclic) bond motifs is 2. The lowest BCUT2D eigenvalue weighted by molar-refractivity contribution is 0.391. The summed E-state index contributed by atoms with van der Waals surface area (Å²) in [5.74, 6) is 1.10. The highest BCUT2D eigenvalue weighted by Crippen LogP contribution is 2.30. The van der Waals surface area contributed by atoms with Crippen LogP contribution in [0, 0.1) is 5.92 Å². The summed E-state index contributed by atoms with van der Waals surface area (Å²) in [6, 6.07) is 0.911. The lowest BCUT2D eigenvalue weighted by Gasteiger charge is -2.19. The van der Waals surface area contributed by atoms with E-state index in [-0.39, 0.29) is 12.4 Å². The summed E-state index contributed by atoms with van der Waals surface area (Å²) in [5, 5.41) is 3.51. The van der Waals surface area contributed by atoms with Crippen LogP contribution in [0.4, 0.5) is 0 Å². The second-order valence-electron chi connectivity index (χ2n) is 3.12. The fraction of sp³-hybridized carbons (Fsp3) is 1.00. The molecule has 1 aliphatic carbocycles. The minimum absolute atomic E-state index is 0. The SMILES string of the molecule is C1CC2CCC(C2)N1.Cl. The van der Waals surface area contributed by atoms with Crippen molar-refractivity contribution in [3.63, 3.8) is 0 Å². The van der Waals surface area contributed by atoms with Crippen LogP contribution in [0.3, 0.4) is 0 Å². The molecule has 2 heteroatoms. The van der Waals surface area contributed by atoms with Crippen molar-refractivity contribution in [3.05, 3.63) is 0 Å². The van der Waals surface area contributed by atoms with Gasteiger partial charge >= 0.3 is 0 Å². The Morgan fingerprint density at radius 1 is 1.11 bits per heavy atom. The van der Waals surface area contributed by atoms with Crippen LogP contribution >= 0.6 is 12.4 Å². The lowest BCUT2D eigenvalue weighted by Crippen LogP contribution is -2.31. The monoisotopic (exact) mass is 147 g/mol. The quantitative estimate of drug-likeness (QED) is 0.549. The van der Waals surface area contributed by atoms with E-state index < -0.39 is 0 Å². The minimum atomic E-state index is 0. The summed E-state index contributed by atoms with van der Waals surface area (Å²) in [5.41, 5.74) is 0. The largest absolute Gasteiger partial charge is 0.314 e. The van der Waals surface area contributed by atoms with Crippen molar-refractivity contribution in [3.8, 4) is 0 Å². The molecule has 2 rings (SSSR count). The fourth-order valence-electron chi connectivity index (χ4n) is 2.01. The molecule has 0 spiro atoms. The smallest absolute Gasteiger partial charge is 0.00698 e. The zero-order valence-electron chi connectivity index (χ0n) is 5.60. The zero-order valence-corrected chi connectivity index (χ0v) is 6.41. The molecule has 0 aromatic rings. The third-order valence-corrected chi connectivity index (χ3v) is 2.53. The number of hydrogen-bond acceptors (Lipinski definition) is 1. The van der Waals surface area contributed by atoms with Gasteiger partial charge in [-0.2, -0.15) is 0 Å². The molecule has 0 amide bonds. The predicted octanol–water partition coefficient (Wildman–Crippen LogP) is 1.57. The van der Waals surface area contributed by atoms with Crippen molar-refractivity contribution in [2.24, 2.45) is 5.92 Å². The van der Waals surface area contributed by atoms with Gasteiger partial charge in [0.05, 0.1) is 0 Å². The predicted molar refractivity (Wildman–Crippen MR) is 41.0 cm³/mol. The van der Waals surface area contributed by atoms with Crippen molar-refractivity contribution < 1.29 is 0 Å². The fourth-order valence-corrected chi connectivity index (χ4v) is 2.01. The van der Waals surface area contributed by atoms with Gasteiger partial charge in [0.15, 0.2) is 0 Å². The van der Waals surface area contributed by atoms with Crippen molar-refractivity contribution >= 4 is 12.4 Å². The normalized spacial score (nSPS) is 40.0. The number of piperidine rings is 1. The molecule has 1 heterocycles. The highest BCUT2D eigenvalue weighted by atomic mass is 35.5. The van der Waals surface area contributed by atoms with E-state index in [4.69, 9.17) is 0 Å². The molecule has 1 saturated heterocycles. The highest BCUT2D eigenvalue weighted by molar-refractivity contribution is 5.85. The van der Waals surface area contributed by atoms with Crippen molar-refractivity contribution in [2.45, 2.75) is 31.7 Å². The standard InChI is InChI=1S/C7H13N.ClH/c1-2-7-5-6(1)3-4-8-7;/h6-8H,1-5H2;1H. The topological polar surface area (TPSA) is 12.0 Å². The van der Waals surface area contributed by atoms with E-state index in [9.17, 15) is 0 Å². The van der Waals surface area contributed by atoms with Gasteiger partial charge in [-0.3, -0.25) is 0 Å². The third-order valence-electron chi connectivity index (χ3n) is 2.53. The van der Waals surface area contributed by atoms with E-state index in [0.717, 1.165) is 12.0 Å². The summed E-state index contributed by atoms with van der Waals surface area (Å²) >= 11 is 0. The van der Waals surface area contributed by atoms with Gasteiger partial charge in [0, 0.05) is 6.04 Å². The van der Waals surface area contributed by atoms with Crippen LogP contribution in [0.5, 0.6) is 0 Å². The summed E-state index contributed by atoms with van der Waals surface area (Å²) in [7, 11) is 0. The first-order valence-electron chi connectivity index (χ1n) is 3.68. The molecular weight excluding hydrogens is 134 g/mol. The summed E-state index contributed by atoms with van der Waals surface area (Å²) in [6.45, 7) is 1.29. The first-order valence-corrected chi connectivity index (χ1v) is 3.68. The zero-order chi connectivity index (χ0) is 5.40. The molecule has 54 valence electrons. The Balaban J connectivity index is 0.000000405. The molecule has 2 unspecified atom stereocenters. The maximum atomic E-state index is 3.51. The molecule has 2 aliphatic rings. The van der Waals surface area contributed by atoms with Gasteiger partial charge in [-0.25, -0.2) is 0 Å². The van der Waals surface area contributed by atoms with E-state index in [1.165, 1.54) is 32.2 Å². The number of hydrogen-bond donors (Lipinski definition) is 1. The van der Waals surface area contributed by atoms with E-state index >= 15 is 0 Å². The Labute approximate surface area is 62.6 Å². The lowest BCUT2D eigenvalue weighted by atomic mass is 10.0. The Morgan fingerprint density at radius 3 is 2.67 bits per heavy atom. The maximum absolute atomic E-state index is 3.51. The molecule has 1 aliphatic heterocycles. The van der Waals surface area contributed by atoms with E-state index in [0.29, 0.717) is 0 Å². The van der Waals surface area contributed by atoms with Gasteiger partial charge in [-0.15, -0.1) is 12.4 Å². The Bertz CT molecular complexity index is 80.9. The van der Waals surface area contributed by atoms with Crippen LogP contribution in [-0.2, 0) is 0 Å². The number of rotatable bonds is 0. The van der Waals surface area contributed by atoms with Gasteiger partial charge in [0.25, 0.3) is 0 Å². The van der Waals surface area contributed by atoms with Crippen LogP contribution in [0.25, 0.3) is 0 Å². The summed E-state index contributed by atoms with van der Waals surface area (Å²) in [6.07, 6.45) is 5.86. The minimum Gasteiger partial charge on any atom is -0.314 e. The van der Waals surface area contributed by atoms with Crippen molar-refractivity contribution in [1.82, 2.24) is 5.32 Å². The molecular formula is C7H14ClN. The Kier molecular flexibility index (Phi) is 2.36. The van der Waals surface area contributed by atoms with Crippen LogP contribution < -0.4 is 5.32 Å². The first kappa shape index (κ1) is 7.36. The first-order chi connectivity index (χ1) is 3.95. The highest BCUT2D eigenvalue weighted by Gasteiger charge is 2.27. The van der Waals surface area contributed by atoms with Gasteiger partial charge < -0.3 is 5.32 Å². The molecule has 2 atom stereocenters. The van der Waals surface area contributed by atoms with Gasteiger partial charge in [0.1, 0.15) is 0 Å². The Morgan fingerprint density at radius 2 is 2.00 bits per heavy atom. The molecule has 2 fully saturated rings. The summed E-state index contributed by atoms with van der Waals surface area (Å²) in [4.78, 5) is 0. The molecule has 0 aromatic carbocycles. The molecule has 2 bridgehead atoms. The molecule has 1 saturated carbocycles. The van der Waals surface area contributed by atoms with E-state index in [2.05, 4.69) is 5.32 Å². The van der Waals surface area contributed by atoms with Gasteiger partial charge in [-0.1, -0.05) is 0 Å². The number of halogens is 1. The van der Waals surface area contributed by atoms with Crippen LogP contribution in [0.15, 0.2) is 0 Å². The average molecular weight is 148 g/mol. The summed E-state index contributed by atoms with van der Waals surface area (Å²) < 4.78 is 0. The molecule has 0 radical (unpaired) electrons. The number of nitrogens with one attached hydrogen (secondary N) is 1. The van der Waals surface area contributed by atoms with Gasteiger partial charge in [-0.05, 0) is 38.1 Å². The van der Waals surface area contributed by atoms with Crippen LogP contribution in [0.1, 0.15) is 25.7 Å². The Hall–Kier alpha value is 0.250. The van der Waals surface area contributed by atoms with Crippen molar-refractivity contribution in [2.75, 3.05) is 6.54 Å². The van der Waals surface area contributed by atoms with Gasteiger partial charge in [0.2, 0.25) is 0 Å². The van der Waals surface area contributed by atoms with Crippen LogP contribution in [0.2, 0.25) is 0 Å². The molecule has 0 aromatic heterocycles.